The highest BCUT2D eigenvalue weighted by Crippen LogP contribution is 2.31. The Morgan fingerprint density at radius 2 is 2.00 bits per heavy atom. The summed E-state index contributed by atoms with van der Waals surface area (Å²) < 4.78 is 5.44. The molecular formula is C21H25N3O3. The van der Waals surface area contributed by atoms with Crippen LogP contribution in [0.2, 0.25) is 0 Å². The molecule has 27 heavy (non-hydrogen) atoms. The summed E-state index contributed by atoms with van der Waals surface area (Å²) in [7, 11) is 1.68. The highest BCUT2D eigenvalue weighted by Gasteiger charge is 2.24. The number of nitrogens with one attached hydrogen (secondary N) is 2. The van der Waals surface area contributed by atoms with Gasteiger partial charge < -0.3 is 20.3 Å². The molecule has 0 aromatic heterocycles. The number of carbonyl (C=O) groups is 2. The summed E-state index contributed by atoms with van der Waals surface area (Å²) in [5.74, 6) is 1.22. The fourth-order valence-electron chi connectivity index (χ4n) is 3.34. The van der Waals surface area contributed by atoms with Gasteiger partial charge in [-0.2, -0.15) is 0 Å². The number of amides is 2. The lowest BCUT2D eigenvalue weighted by Gasteiger charge is -2.21. The number of nitrogens with zero attached hydrogens (tertiary/aromatic N) is 1. The maximum Gasteiger partial charge on any atom is 0.319 e. The minimum absolute atomic E-state index is 0.0264. The molecule has 6 heteroatoms. The van der Waals surface area contributed by atoms with Gasteiger partial charge in [-0.3, -0.25) is 4.79 Å². The molecule has 6 nitrogen and oxygen atoms in total. The van der Waals surface area contributed by atoms with Gasteiger partial charge in [0.1, 0.15) is 5.75 Å². The van der Waals surface area contributed by atoms with Crippen molar-refractivity contribution < 1.29 is 14.3 Å². The molecule has 0 bridgehead atoms. The van der Waals surface area contributed by atoms with E-state index in [0.717, 1.165) is 30.9 Å². The Hall–Kier alpha value is -3.02. The molecule has 0 spiro atoms. The number of benzene rings is 2. The molecule has 0 unspecified atom stereocenters. The van der Waals surface area contributed by atoms with Crippen LogP contribution in [0.3, 0.4) is 0 Å². The Morgan fingerprint density at radius 3 is 2.78 bits per heavy atom. The average molecular weight is 367 g/mol. The van der Waals surface area contributed by atoms with Gasteiger partial charge in [0.25, 0.3) is 0 Å². The molecular weight excluding hydrogens is 342 g/mol. The van der Waals surface area contributed by atoms with Crippen molar-refractivity contribution in [2.75, 3.05) is 37.0 Å². The molecule has 1 atom stereocenters. The van der Waals surface area contributed by atoms with Crippen LogP contribution < -0.4 is 20.3 Å². The molecule has 0 aliphatic carbocycles. The van der Waals surface area contributed by atoms with Gasteiger partial charge in [-0.1, -0.05) is 24.3 Å². The summed E-state index contributed by atoms with van der Waals surface area (Å²) in [6.07, 6.45) is 1.01. The van der Waals surface area contributed by atoms with E-state index in [9.17, 15) is 9.59 Å². The number of Topliss-reactive ketones (excluding diaryl/α,β-unsaturated/α-hetero) is 1. The SMILES string of the molecule is COc1ccccc1N1CC[C@@H](CNC(=O)Nc2cccc(C(C)=O)c2)C1. The van der Waals surface area contributed by atoms with Crippen LogP contribution in [-0.2, 0) is 0 Å². The van der Waals surface area contributed by atoms with Gasteiger partial charge in [0.05, 0.1) is 12.8 Å². The first kappa shape index (κ1) is 18.8. The second kappa shape index (κ2) is 8.58. The fraction of sp³-hybridized carbons (Fsp3) is 0.333. The summed E-state index contributed by atoms with van der Waals surface area (Å²) in [5, 5.41) is 5.72. The Kier molecular flexibility index (Phi) is 5.96. The standard InChI is InChI=1S/C21H25N3O3/c1-15(25)17-6-5-7-18(12-17)23-21(26)22-13-16-10-11-24(14-16)19-8-3-4-9-20(19)27-2/h3-9,12,16H,10-11,13-14H2,1-2H3,(H2,22,23,26)/t16-/m0/s1. The number of ketones is 1. The molecule has 0 saturated carbocycles. The number of urea groups is 1. The predicted octanol–water partition coefficient (Wildman–Crippen LogP) is 3.55. The minimum atomic E-state index is -0.258. The smallest absolute Gasteiger partial charge is 0.319 e. The van der Waals surface area contributed by atoms with Gasteiger partial charge in [-0.25, -0.2) is 4.79 Å². The number of carbonyl (C=O) groups excluding carboxylic acids is 2. The Morgan fingerprint density at radius 1 is 1.19 bits per heavy atom. The number of rotatable bonds is 6. The molecule has 1 heterocycles. The van der Waals surface area contributed by atoms with E-state index in [1.807, 2.05) is 18.2 Å². The predicted molar refractivity (Wildman–Crippen MR) is 107 cm³/mol. The maximum absolute atomic E-state index is 12.2. The first-order chi connectivity index (χ1) is 13.1. The topological polar surface area (TPSA) is 70.7 Å². The van der Waals surface area contributed by atoms with E-state index in [1.165, 1.54) is 6.92 Å². The summed E-state index contributed by atoms with van der Waals surface area (Å²) in [5.41, 5.74) is 2.28. The Labute approximate surface area is 159 Å². The van der Waals surface area contributed by atoms with Crippen molar-refractivity contribution in [1.82, 2.24) is 5.32 Å². The van der Waals surface area contributed by atoms with Crippen molar-refractivity contribution in [2.45, 2.75) is 13.3 Å². The third-order valence-corrected chi connectivity index (χ3v) is 4.79. The van der Waals surface area contributed by atoms with Crippen molar-refractivity contribution in [2.24, 2.45) is 5.92 Å². The normalized spacial score (nSPS) is 16.1. The van der Waals surface area contributed by atoms with Crippen LogP contribution in [0.15, 0.2) is 48.5 Å². The molecule has 0 radical (unpaired) electrons. The number of methoxy groups -OCH3 is 1. The highest BCUT2D eigenvalue weighted by atomic mass is 16.5. The zero-order valence-electron chi connectivity index (χ0n) is 15.7. The van der Waals surface area contributed by atoms with E-state index in [-0.39, 0.29) is 11.8 Å². The van der Waals surface area contributed by atoms with Gasteiger partial charge in [-0.15, -0.1) is 0 Å². The number of hydrogen-bond acceptors (Lipinski definition) is 4. The molecule has 1 fully saturated rings. The van der Waals surface area contributed by atoms with Crippen molar-refractivity contribution in [3.05, 3.63) is 54.1 Å². The lowest BCUT2D eigenvalue weighted by Crippen LogP contribution is -2.34. The number of ether oxygens (including phenoxy) is 1. The van der Waals surface area contributed by atoms with E-state index >= 15 is 0 Å². The summed E-state index contributed by atoms with van der Waals surface area (Å²) in [6.45, 7) is 3.92. The van der Waals surface area contributed by atoms with Crippen molar-refractivity contribution >= 4 is 23.2 Å². The minimum Gasteiger partial charge on any atom is -0.495 e. The van der Waals surface area contributed by atoms with Crippen LogP contribution in [0.5, 0.6) is 5.75 Å². The zero-order chi connectivity index (χ0) is 19.2. The maximum atomic E-state index is 12.2. The van der Waals surface area contributed by atoms with E-state index in [2.05, 4.69) is 21.6 Å². The van der Waals surface area contributed by atoms with E-state index in [1.54, 1.807) is 31.4 Å². The van der Waals surface area contributed by atoms with Crippen LogP contribution in [0.4, 0.5) is 16.2 Å². The molecule has 2 aromatic rings. The molecule has 2 N–H and O–H groups in total. The van der Waals surface area contributed by atoms with Crippen LogP contribution in [0, 0.1) is 5.92 Å². The highest BCUT2D eigenvalue weighted by molar-refractivity contribution is 5.96. The second-order valence-electron chi connectivity index (χ2n) is 6.74. The second-order valence-corrected chi connectivity index (χ2v) is 6.74. The van der Waals surface area contributed by atoms with Gasteiger partial charge in [0.15, 0.2) is 5.78 Å². The Balaban J connectivity index is 1.50. The lowest BCUT2D eigenvalue weighted by atomic mass is 10.1. The van der Waals surface area contributed by atoms with Crippen molar-refractivity contribution in [3.8, 4) is 5.75 Å². The van der Waals surface area contributed by atoms with Crippen LogP contribution >= 0.6 is 0 Å². The third kappa shape index (κ3) is 4.78. The first-order valence-electron chi connectivity index (χ1n) is 9.10. The molecule has 2 amide bonds. The van der Waals surface area contributed by atoms with Gasteiger partial charge in [0, 0.05) is 30.9 Å². The van der Waals surface area contributed by atoms with E-state index in [4.69, 9.17) is 4.74 Å². The fourth-order valence-corrected chi connectivity index (χ4v) is 3.34. The summed E-state index contributed by atoms with van der Waals surface area (Å²) in [4.78, 5) is 25.9. The molecule has 1 aliphatic rings. The van der Waals surface area contributed by atoms with Crippen LogP contribution in [0.25, 0.3) is 0 Å². The summed E-state index contributed by atoms with van der Waals surface area (Å²) >= 11 is 0. The van der Waals surface area contributed by atoms with Gasteiger partial charge in [0.2, 0.25) is 0 Å². The average Bonchev–Trinajstić information content (AvgIpc) is 3.15. The largest absolute Gasteiger partial charge is 0.495 e. The number of para-hydroxylation sites is 2. The zero-order valence-corrected chi connectivity index (χ0v) is 15.7. The van der Waals surface area contributed by atoms with Crippen molar-refractivity contribution in [1.29, 1.82) is 0 Å². The first-order valence-corrected chi connectivity index (χ1v) is 9.10. The monoisotopic (exact) mass is 367 g/mol. The molecule has 142 valence electrons. The molecule has 1 aliphatic heterocycles. The molecule has 1 saturated heterocycles. The van der Waals surface area contributed by atoms with Gasteiger partial charge in [-0.05, 0) is 43.5 Å². The van der Waals surface area contributed by atoms with Crippen LogP contribution in [0.1, 0.15) is 23.7 Å². The third-order valence-electron chi connectivity index (χ3n) is 4.79. The Bertz CT molecular complexity index is 822. The lowest BCUT2D eigenvalue weighted by molar-refractivity contribution is 0.101. The molecule has 3 rings (SSSR count). The number of anilines is 2. The quantitative estimate of drug-likeness (QED) is 0.766. The van der Waals surface area contributed by atoms with E-state index < -0.39 is 0 Å². The van der Waals surface area contributed by atoms with E-state index in [0.29, 0.717) is 23.7 Å². The number of hydrogen-bond donors (Lipinski definition) is 2. The van der Waals surface area contributed by atoms with Crippen molar-refractivity contribution in [3.63, 3.8) is 0 Å². The van der Waals surface area contributed by atoms with Crippen LogP contribution in [-0.4, -0.2) is 38.6 Å². The van der Waals surface area contributed by atoms with Gasteiger partial charge >= 0.3 is 6.03 Å². The summed E-state index contributed by atoms with van der Waals surface area (Å²) in [6, 6.07) is 14.7. The molecule has 2 aromatic carbocycles.